The van der Waals surface area contributed by atoms with E-state index in [1.165, 1.54) is 6.42 Å². The largest absolute Gasteiger partial charge is 0.395 e. The zero-order chi connectivity index (χ0) is 15.5. The molecular formula is C16H22N4O2. The first-order chi connectivity index (χ1) is 10.7. The summed E-state index contributed by atoms with van der Waals surface area (Å²) in [5.74, 6) is 2.32. The normalized spacial score (nSPS) is 15.1. The first kappa shape index (κ1) is 15.0. The van der Waals surface area contributed by atoms with E-state index < -0.39 is 0 Å². The molecule has 0 unspecified atom stereocenters. The summed E-state index contributed by atoms with van der Waals surface area (Å²) < 4.78 is 5.35. The van der Waals surface area contributed by atoms with Crippen LogP contribution in [0.4, 0.5) is 5.82 Å². The third-order valence-corrected chi connectivity index (χ3v) is 4.10. The first-order valence-corrected chi connectivity index (χ1v) is 7.86. The number of nitrogens with zero attached hydrogens (tertiary/aromatic N) is 4. The van der Waals surface area contributed by atoms with Crippen molar-refractivity contribution in [3.05, 3.63) is 24.2 Å². The molecule has 0 atom stereocenters. The van der Waals surface area contributed by atoms with Crippen molar-refractivity contribution in [3.8, 4) is 11.5 Å². The van der Waals surface area contributed by atoms with Gasteiger partial charge in [0.25, 0.3) is 5.89 Å². The number of rotatable bonds is 6. The van der Waals surface area contributed by atoms with Crippen LogP contribution in [0.1, 0.15) is 44.9 Å². The molecular weight excluding hydrogens is 280 g/mol. The van der Waals surface area contributed by atoms with Gasteiger partial charge in [-0.15, -0.1) is 0 Å². The number of aliphatic hydroxyl groups excluding tert-OH is 1. The number of hydrogen-bond donors (Lipinski definition) is 1. The summed E-state index contributed by atoms with van der Waals surface area (Å²) in [6, 6.07) is 4.31. The second kappa shape index (κ2) is 6.44. The average molecular weight is 302 g/mol. The lowest BCUT2D eigenvalue weighted by Crippen LogP contribution is -2.42. The molecule has 0 amide bonds. The Bertz CT molecular complexity index is 622. The third-order valence-electron chi connectivity index (χ3n) is 4.10. The zero-order valence-electron chi connectivity index (χ0n) is 13.1. The third kappa shape index (κ3) is 2.97. The van der Waals surface area contributed by atoms with Crippen LogP contribution in [0.2, 0.25) is 0 Å². The van der Waals surface area contributed by atoms with Crippen LogP contribution in [0.25, 0.3) is 11.5 Å². The van der Waals surface area contributed by atoms with Gasteiger partial charge in [0.15, 0.2) is 5.82 Å². The molecule has 0 aliphatic heterocycles. The minimum atomic E-state index is 0.125. The minimum Gasteiger partial charge on any atom is -0.395 e. The Balaban J connectivity index is 1.87. The summed E-state index contributed by atoms with van der Waals surface area (Å²) in [4.78, 5) is 11.1. The van der Waals surface area contributed by atoms with Gasteiger partial charge in [-0.05, 0) is 31.4 Å². The highest BCUT2D eigenvalue weighted by Gasteiger charge is 2.26. The molecule has 0 saturated heterocycles. The number of hydrogen-bond acceptors (Lipinski definition) is 6. The van der Waals surface area contributed by atoms with Gasteiger partial charge in [0.2, 0.25) is 0 Å². The lowest BCUT2D eigenvalue weighted by molar-refractivity contribution is 0.283. The van der Waals surface area contributed by atoms with Crippen LogP contribution in [0, 0.1) is 0 Å². The minimum absolute atomic E-state index is 0.125. The molecule has 1 aliphatic rings. The lowest BCUT2D eigenvalue weighted by Gasteiger charge is -2.38. The molecule has 6 nitrogen and oxygen atoms in total. The van der Waals surface area contributed by atoms with Crippen molar-refractivity contribution in [1.82, 2.24) is 15.1 Å². The Kier molecular flexibility index (Phi) is 4.38. The Hall–Kier alpha value is -1.95. The van der Waals surface area contributed by atoms with Crippen molar-refractivity contribution in [3.63, 3.8) is 0 Å². The highest BCUT2D eigenvalue weighted by Crippen LogP contribution is 2.30. The van der Waals surface area contributed by atoms with E-state index in [2.05, 4.69) is 20.0 Å². The second-order valence-electron chi connectivity index (χ2n) is 6.02. The van der Waals surface area contributed by atoms with E-state index in [9.17, 15) is 5.11 Å². The highest BCUT2D eigenvalue weighted by atomic mass is 16.5. The van der Waals surface area contributed by atoms with Gasteiger partial charge in [-0.25, -0.2) is 4.98 Å². The van der Waals surface area contributed by atoms with Crippen molar-refractivity contribution in [1.29, 1.82) is 0 Å². The van der Waals surface area contributed by atoms with Gasteiger partial charge < -0.3 is 14.5 Å². The molecule has 2 heterocycles. The molecule has 1 N–H and O–H groups in total. The number of aliphatic hydroxyl groups is 1. The summed E-state index contributed by atoms with van der Waals surface area (Å²) in [5.41, 5.74) is 0.867. The Morgan fingerprint density at radius 2 is 2.23 bits per heavy atom. The first-order valence-electron chi connectivity index (χ1n) is 7.86. The maximum Gasteiger partial charge on any atom is 0.258 e. The summed E-state index contributed by atoms with van der Waals surface area (Å²) in [6.07, 6.45) is 5.31. The van der Waals surface area contributed by atoms with Gasteiger partial charge in [-0.1, -0.05) is 19.0 Å². The van der Waals surface area contributed by atoms with E-state index in [0.29, 0.717) is 24.3 Å². The van der Waals surface area contributed by atoms with E-state index in [4.69, 9.17) is 4.52 Å². The highest BCUT2D eigenvalue weighted by molar-refractivity contribution is 5.59. The van der Waals surface area contributed by atoms with E-state index in [1.54, 1.807) is 6.20 Å². The number of aromatic nitrogens is 3. The van der Waals surface area contributed by atoms with Crippen LogP contribution in [0.5, 0.6) is 0 Å². The number of anilines is 1. The molecule has 1 saturated carbocycles. The van der Waals surface area contributed by atoms with Crippen molar-refractivity contribution in [2.45, 2.75) is 45.1 Å². The monoisotopic (exact) mass is 302 g/mol. The van der Waals surface area contributed by atoms with Gasteiger partial charge in [-0.3, -0.25) is 0 Å². The van der Waals surface area contributed by atoms with Crippen molar-refractivity contribution in [2.24, 2.45) is 0 Å². The number of pyridine rings is 1. The van der Waals surface area contributed by atoms with E-state index >= 15 is 0 Å². The van der Waals surface area contributed by atoms with Crippen molar-refractivity contribution >= 4 is 5.82 Å². The summed E-state index contributed by atoms with van der Waals surface area (Å²) in [6.45, 7) is 4.79. The fourth-order valence-corrected chi connectivity index (χ4v) is 2.59. The quantitative estimate of drug-likeness (QED) is 0.884. The Morgan fingerprint density at radius 3 is 2.82 bits per heavy atom. The molecule has 0 bridgehead atoms. The second-order valence-corrected chi connectivity index (χ2v) is 6.02. The fourth-order valence-electron chi connectivity index (χ4n) is 2.59. The fraction of sp³-hybridized carbons (Fsp3) is 0.562. The zero-order valence-corrected chi connectivity index (χ0v) is 13.1. The van der Waals surface area contributed by atoms with Gasteiger partial charge in [-0.2, -0.15) is 4.98 Å². The summed E-state index contributed by atoms with van der Waals surface area (Å²) in [5, 5.41) is 13.3. The molecule has 3 rings (SSSR count). The molecule has 6 heteroatoms. The van der Waals surface area contributed by atoms with Crippen molar-refractivity contribution in [2.75, 3.05) is 18.1 Å². The summed E-state index contributed by atoms with van der Waals surface area (Å²) >= 11 is 0. The average Bonchev–Trinajstić information content (AvgIpc) is 2.95. The SMILES string of the molecule is CC(C)c1noc(-c2ccnc(N(CCO)C3CCC3)c2)n1. The predicted molar refractivity (Wildman–Crippen MR) is 83.7 cm³/mol. The molecule has 1 fully saturated rings. The Morgan fingerprint density at radius 1 is 1.41 bits per heavy atom. The van der Waals surface area contributed by atoms with Gasteiger partial charge >= 0.3 is 0 Å². The predicted octanol–water partition coefficient (Wildman–Crippen LogP) is 2.61. The topological polar surface area (TPSA) is 75.3 Å². The molecule has 0 radical (unpaired) electrons. The van der Waals surface area contributed by atoms with Crippen LogP contribution in [0.3, 0.4) is 0 Å². The molecule has 0 aromatic carbocycles. The summed E-state index contributed by atoms with van der Waals surface area (Å²) in [7, 11) is 0. The van der Waals surface area contributed by atoms with Gasteiger partial charge in [0, 0.05) is 30.3 Å². The van der Waals surface area contributed by atoms with E-state index in [0.717, 1.165) is 24.2 Å². The smallest absolute Gasteiger partial charge is 0.258 e. The molecule has 1 aliphatic carbocycles. The molecule has 2 aromatic heterocycles. The van der Waals surface area contributed by atoms with Crippen LogP contribution >= 0.6 is 0 Å². The van der Waals surface area contributed by atoms with Crippen LogP contribution in [-0.2, 0) is 0 Å². The van der Waals surface area contributed by atoms with E-state index in [-0.39, 0.29) is 12.5 Å². The lowest BCUT2D eigenvalue weighted by atomic mass is 9.91. The van der Waals surface area contributed by atoms with Crippen LogP contribution < -0.4 is 4.90 Å². The van der Waals surface area contributed by atoms with Gasteiger partial charge in [0.1, 0.15) is 5.82 Å². The van der Waals surface area contributed by atoms with Crippen LogP contribution in [0.15, 0.2) is 22.9 Å². The van der Waals surface area contributed by atoms with E-state index in [1.807, 2.05) is 26.0 Å². The standard InChI is InChI=1S/C16H22N4O2/c1-11(2)15-18-16(22-19-15)12-6-7-17-14(10-12)20(8-9-21)13-4-3-5-13/h6-7,10-11,13,21H,3-5,8-9H2,1-2H3. The van der Waals surface area contributed by atoms with Gasteiger partial charge in [0.05, 0.1) is 6.61 Å². The maximum absolute atomic E-state index is 9.31. The maximum atomic E-state index is 9.31. The molecule has 0 spiro atoms. The molecule has 22 heavy (non-hydrogen) atoms. The molecule has 2 aromatic rings. The van der Waals surface area contributed by atoms with Crippen LogP contribution in [-0.4, -0.2) is 39.4 Å². The molecule has 118 valence electrons. The van der Waals surface area contributed by atoms with Crippen molar-refractivity contribution < 1.29 is 9.63 Å². The Labute approximate surface area is 130 Å².